The number of hydrogen-bond donors (Lipinski definition) is 2. The van der Waals surface area contributed by atoms with Crippen molar-refractivity contribution in [1.29, 1.82) is 0 Å². The van der Waals surface area contributed by atoms with Gasteiger partial charge in [0.25, 0.3) is 5.69 Å². The van der Waals surface area contributed by atoms with Crippen LogP contribution in [0, 0.1) is 17.0 Å². The molecule has 0 unspecified atom stereocenters. The van der Waals surface area contributed by atoms with Crippen molar-refractivity contribution in [1.82, 2.24) is 4.98 Å². The second kappa shape index (κ2) is 6.17. The second-order valence-corrected chi connectivity index (χ2v) is 4.68. The lowest BCUT2D eigenvalue weighted by molar-refractivity contribution is -0.383. The summed E-state index contributed by atoms with van der Waals surface area (Å²) in [5, 5.41) is 23.9. The highest BCUT2D eigenvalue weighted by atomic mass is 16.6. The minimum absolute atomic E-state index is 0.00795. The van der Waals surface area contributed by atoms with Crippen LogP contribution in [0.1, 0.15) is 18.5 Å². The molecule has 7 nitrogen and oxygen atoms in total. The molecular weight excluding hydrogens is 274 g/mol. The number of pyridine rings is 1. The Bertz CT molecular complexity index is 700. The summed E-state index contributed by atoms with van der Waals surface area (Å²) in [5.41, 5.74) is 1.51. The molecule has 21 heavy (non-hydrogen) atoms. The van der Waals surface area contributed by atoms with E-state index in [0.717, 1.165) is 11.4 Å². The molecular formula is C14H15N3O4. The number of nitrogens with one attached hydrogen (secondary N) is 1. The molecule has 2 aromatic rings. The molecule has 1 aromatic heterocycles. The third-order valence-electron chi connectivity index (χ3n) is 3.09. The Morgan fingerprint density at radius 3 is 2.86 bits per heavy atom. The zero-order chi connectivity index (χ0) is 15.4. The number of non-ortho nitro benzene ring substituents is 1. The first-order valence-electron chi connectivity index (χ1n) is 6.48. The van der Waals surface area contributed by atoms with Crippen LogP contribution in [0.4, 0.5) is 11.4 Å². The van der Waals surface area contributed by atoms with Gasteiger partial charge in [0, 0.05) is 42.0 Å². The summed E-state index contributed by atoms with van der Waals surface area (Å²) >= 11 is 0. The molecule has 0 saturated heterocycles. The zero-order valence-corrected chi connectivity index (χ0v) is 11.5. The predicted octanol–water partition coefficient (Wildman–Crippen LogP) is 2.73. The van der Waals surface area contributed by atoms with Gasteiger partial charge in [-0.3, -0.25) is 19.9 Å². The fourth-order valence-electron chi connectivity index (χ4n) is 2.10. The summed E-state index contributed by atoms with van der Waals surface area (Å²) in [6.45, 7) is 2.30. The highest BCUT2D eigenvalue weighted by Gasteiger charge is 2.14. The highest BCUT2D eigenvalue weighted by molar-refractivity contribution is 5.99. The lowest BCUT2D eigenvalue weighted by Gasteiger charge is -2.10. The van der Waals surface area contributed by atoms with Crippen LogP contribution in [-0.2, 0) is 4.79 Å². The van der Waals surface area contributed by atoms with Crippen molar-refractivity contribution in [2.24, 2.45) is 0 Å². The van der Waals surface area contributed by atoms with Gasteiger partial charge in [0.1, 0.15) is 0 Å². The molecule has 0 radical (unpaired) electrons. The molecule has 2 rings (SSSR count). The van der Waals surface area contributed by atoms with Gasteiger partial charge in [-0.05, 0) is 25.5 Å². The number of aryl methyl sites for hydroxylation is 1. The Kier molecular flexibility index (Phi) is 4.32. The Hall–Kier alpha value is -2.70. The van der Waals surface area contributed by atoms with E-state index in [0.29, 0.717) is 23.7 Å². The number of nitrogens with zero attached hydrogens (tertiary/aromatic N) is 2. The van der Waals surface area contributed by atoms with Gasteiger partial charge in [-0.15, -0.1) is 0 Å². The van der Waals surface area contributed by atoms with E-state index < -0.39 is 10.9 Å². The molecule has 110 valence electrons. The molecule has 1 aromatic carbocycles. The van der Waals surface area contributed by atoms with Gasteiger partial charge in [0.2, 0.25) is 0 Å². The first kappa shape index (κ1) is 14.7. The molecule has 0 saturated carbocycles. The van der Waals surface area contributed by atoms with Crippen molar-refractivity contribution in [2.75, 3.05) is 11.9 Å². The number of carboxylic acid groups (broad SMARTS) is 1. The van der Waals surface area contributed by atoms with Crippen LogP contribution in [0.3, 0.4) is 0 Å². The number of benzene rings is 1. The summed E-state index contributed by atoms with van der Waals surface area (Å²) in [6.07, 6.45) is 2.06. The molecule has 0 atom stereocenters. The minimum Gasteiger partial charge on any atom is -0.481 e. The van der Waals surface area contributed by atoms with E-state index in [1.807, 2.05) is 6.92 Å². The van der Waals surface area contributed by atoms with Gasteiger partial charge in [0.15, 0.2) is 0 Å². The number of fused-ring (bicyclic) bond motifs is 1. The number of carboxylic acids is 1. The number of nitro groups is 1. The zero-order valence-electron chi connectivity index (χ0n) is 11.5. The van der Waals surface area contributed by atoms with Crippen LogP contribution in [-0.4, -0.2) is 27.5 Å². The van der Waals surface area contributed by atoms with Crippen molar-refractivity contribution < 1.29 is 14.8 Å². The maximum atomic E-state index is 11.0. The smallest absolute Gasteiger partial charge is 0.303 e. The predicted molar refractivity (Wildman–Crippen MR) is 78.5 cm³/mol. The van der Waals surface area contributed by atoms with Crippen LogP contribution in [0.15, 0.2) is 24.4 Å². The summed E-state index contributed by atoms with van der Waals surface area (Å²) in [4.78, 5) is 25.2. The number of rotatable bonds is 6. The summed E-state index contributed by atoms with van der Waals surface area (Å²) in [5.74, 6) is -0.842. The van der Waals surface area contributed by atoms with Gasteiger partial charge in [0.05, 0.1) is 10.3 Å². The van der Waals surface area contributed by atoms with Crippen LogP contribution in [0.25, 0.3) is 10.8 Å². The second-order valence-electron chi connectivity index (χ2n) is 4.68. The van der Waals surface area contributed by atoms with Crippen molar-refractivity contribution in [2.45, 2.75) is 19.8 Å². The van der Waals surface area contributed by atoms with Crippen molar-refractivity contribution in [3.63, 3.8) is 0 Å². The quantitative estimate of drug-likeness (QED) is 0.481. The Morgan fingerprint density at radius 1 is 1.43 bits per heavy atom. The normalized spacial score (nSPS) is 10.5. The largest absolute Gasteiger partial charge is 0.481 e. The summed E-state index contributed by atoms with van der Waals surface area (Å²) in [7, 11) is 0. The van der Waals surface area contributed by atoms with Crippen LogP contribution in [0.2, 0.25) is 0 Å². The molecule has 0 spiro atoms. The third-order valence-corrected chi connectivity index (χ3v) is 3.09. The van der Waals surface area contributed by atoms with Crippen LogP contribution < -0.4 is 5.32 Å². The van der Waals surface area contributed by atoms with Crippen molar-refractivity contribution >= 4 is 28.1 Å². The maximum Gasteiger partial charge on any atom is 0.303 e. The Balaban J connectivity index is 2.31. The standard InChI is InChI=1S/C14H15N3O4/c1-9-7-10-11(8-16-9)13(17(20)21)5-4-12(10)15-6-2-3-14(18)19/h4-5,7-8,15H,2-3,6H2,1H3,(H,18,19). The minimum atomic E-state index is -0.842. The van der Waals surface area contributed by atoms with E-state index in [1.54, 1.807) is 12.1 Å². The number of nitro benzene ring substituents is 1. The Morgan fingerprint density at radius 2 is 2.19 bits per heavy atom. The van der Waals surface area contributed by atoms with Gasteiger partial charge in [-0.25, -0.2) is 0 Å². The van der Waals surface area contributed by atoms with Gasteiger partial charge >= 0.3 is 5.97 Å². The first-order chi connectivity index (χ1) is 9.99. The number of anilines is 1. The Labute approximate surface area is 120 Å². The van der Waals surface area contributed by atoms with Crippen LogP contribution in [0.5, 0.6) is 0 Å². The lowest BCUT2D eigenvalue weighted by Crippen LogP contribution is -2.05. The molecule has 0 amide bonds. The van der Waals surface area contributed by atoms with E-state index in [-0.39, 0.29) is 12.1 Å². The average molecular weight is 289 g/mol. The molecule has 1 heterocycles. The molecule has 2 N–H and O–H groups in total. The average Bonchev–Trinajstić information content (AvgIpc) is 2.42. The van der Waals surface area contributed by atoms with E-state index in [9.17, 15) is 14.9 Å². The molecule has 0 aliphatic carbocycles. The lowest BCUT2D eigenvalue weighted by atomic mass is 10.1. The monoisotopic (exact) mass is 289 g/mol. The third kappa shape index (κ3) is 3.44. The van der Waals surface area contributed by atoms with E-state index >= 15 is 0 Å². The number of hydrogen-bond acceptors (Lipinski definition) is 5. The molecule has 0 aliphatic rings. The first-order valence-corrected chi connectivity index (χ1v) is 6.48. The molecule has 0 bridgehead atoms. The van der Waals surface area contributed by atoms with E-state index in [1.165, 1.54) is 12.3 Å². The molecule has 7 heteroatoms. The topological polar surface area (TPSA) is 105 Å². The van der Waals surface area contributed by atoms with Gasteiger partial charge < -0.3 is 10.4 Å². The van der Waals surface area contributed by atoms with Crippen LogP contribution >= 0.6 is 0 Å². The SMILES string of the molecule is Cc1cc2c(NCCCC(=O)O)ccc([N+](=O)[O-])c2cn1. The summed E-state index contributed by atoms with van der Waals surface area (Å²) < 4.78 is 0. The van der Waals surface area contributed by atoms with Crippen molar-refractivity contribution in [3.05, 3.63) is 40.2 Å². The van der Waals surface area contributed by atoms with Gasteiger partial charge in [-0.1, -0.05) is 0 Å². The fraction of sp³-hybridized carbons (Fsp3) is 0.286. The van der Waals surface area contributed by atoms with Crippen molar-refractivity contribution in [3.8, 4) is 0 Å². The number of carbonyl (C=O) groups is 1. The fourth-order valence-corrected chi connectivity index (χ4v) is 2.10. The van der Waals surface area contributed by atoms with E-state index in [4.69, 9.17) is 5.11 Å². The van der Waals surface area contributed by atoms with Gasteiger partial charge in [-0.2, -0.15) is 0 Å². The molecule has 0 fully saturated rings. The highest BCUT2D eigenvalue weighted by Crippen LogP contribution is 2.31. The van der Waals surface area contributed by atoms with E-state index in [2.05, 4.69) is 10.3 Å². The number of aromatic nitrogens is 1. The number of aliphatic carboxylic acids is 1. The maximum absolute atomic E-state index is 11.0. The molecule has 0 aliphatic heterocycles. The summed E-state index contributed by atoms with van der Waals surface area (Å²) in [6, 6.07) is 4.85.